The van der Waals surface area contributed by atoms with E-state index >= 15 is 0 Å². The molecule has 3 nitrogen and oxygen atoms in total. The van der Waals surface area contributed by atoms with E-state index in [1.807, 2.05) is 13.0 Å². The minimum Gasteiger partial charge on any atom is -0.489 e. The predicted molar refractivity (Wildman–Crippen MR) is 62.8 cm³/mol. The summed E-state index contributed by atoms with van der Waals surface area (Å²) in [7, 11) is 0. The summed E-state index contributed by atoms with van der Waals surface area (Å²) in [6, 6.07) is 5.33. The number of rotatable bonds is 5. The maximum absolute atomic E-state index is 11.6. The highest BCUT2D eigenvalue weighted by atomic mass is 16.5. The number of hydrogen-bond acceptors (Lipinski definition) is 3. The summed E-state index contributed by atoms with van der Waals surface area (Å²) in [4.78, 5) is 11.6. The average Bonchev–Trinajstić information content (AvgIpc) is 2.28. The molecule has 0 aliphatic rings. The van der Waals surface area contributed by atoms with E-state index in [1.54, 1.807) is 25.1 Å². The number of benzene rings is 1. The van der Waals surface area contributed by atoms with Crippen molar-refractivity contribution in [3.8, 4) is 5.75 Å². The van der Waals surface area contributed by atoms with Crippen LogP contribution in [0.4, 0.5) is 0 Å². The third-order valence-electron chi connectivity index (χ3n) is 2.14. The standard InChI is InChI=1S/C13H16O3/c1-4-9-16-12-8-6-7-11(10(12)3)13(14)15-5-2/h4,6-8H,1,5,9H2,2-3H3. The zero-order valence-corrected chi connectivity index (χ0v) is 9.66. The molecular weight excluding hydrogens is 204 g/mol. The van der Waals surface area contributed by atoms with E-state index < -0.39 is 0 Å². The Kier molecular flexibility index (Phi) is 4.58. The largest absolute Gasteiger partial charge is 0.489 e. The van der Waals surface area contributed by atoms with Gasteiger partial charge in [0.15, 0.2) is 0 Å². The molecule has 1 rings (SSSR count). The van der Waals surface area contributed by atoms with E-state index in [9.17, 15) is 4.79 Å². The fraction of sp³-hybridized carbons (Fsp3) is 0.308. The van der Waals surface area contributed by atoms with Crippen LogP contribution in [0, 0.1) is 6.92 Å². The van der Waals surface area contributed by atoms with Crippen molar-refractivity contribution in [2.24, 2.45) is 0 Å². The molecule has 86 valence electrons. The smallest absolute Gasteiger partial charge is 0.338 e. The summed E-state index contributed by atoms with van der Waals surface area (Å²) in [5, 5.41) is 0. The molecule has 1 aromatic rings. The van der Waals surface area contributed by atoms with Crippen molar-refractivity contribution in [1.29, 1.82) is 0 Å². The Labute approximate surface area is 95.7 Å². The van der Waals surface area contributed by atoms with Gasteiger partial charge in [0, 0.05) is 5.56 Å². The van der Waals surface area contributed by atoms with Crippen LogP contribution in [0.5, 0.6) is 5.75 Å². The van der Waals surface area contributed by atoms with E-state index in [0.717, 1.165) is 5.56 Å². The summed E-state index contributed by atoms with van der Waals surface area (Å²) in [6.45, 7) is 7.99. The Balaban J connectivity index is 2.93. The molecule has 0 aromatic heterocycles. The van der Waals surface area contributed by atoms with Crippen LogP contribution < -0.4 is 4.74 Å². The van der Waals surface area contributed by atoms with E-state index in [-0.39, 0.29) is 5.97 Å². The Morgan fingerprint density at radius 3 is 2.88 bits per heavy atom. The number of hydrogen-bond donors (Lipinski definition) is 0. The predicted octanol–water partition coefficient (Wildman–Crippen LogP) is 2.74. The first-order valence-corrected chi connectivity index (χ1v) is 5.21. The minimum atomic E-state index is -0.316. The molecule has 0 fully saturated rings. The van der Waals surface area contributed by atoms with Crippen LogP contribution in [0.1, 0.15) is 22.8 Å². The van der Waals surface area contributed by atoms with Crippen molar-refractivity contribution in [1.82, 2.24) is 0 Å². The normalized spacial score (nSPS) is 9.62. The summed E-state index contributed by atoms with van der Waals surface area (Å²) in [6.07, 6.45) is 1.66. The molecule has 0 aliphatic carbocycles. The van der Waals surface area contributed by atoms with Crippen molar-refractivity contribution in [3.05, 3.63) is 42.0 Å². The van der Waals surface area contributed by atoms with Crippen LogP contribution in [-0.4, -0.2) is 19.2 Å². The summed E-state index contributed by atoms with van der Waals surface area (Å²) in [5.41, 5.74) is 1.34. The highest BCUT2D eigenvalue weighted by Crippen LogP contribution is 2.22. The van der Waals surface area contributed by atoms with Gasteiger partial charge in [0.25, 0.3) is 0 Å². The van der Waals surface area contributed by atoms with E-state index in [2.05, 4.69) is 6.58 Å². The van der Waals surface area contributed by atoms with Gasteiger partial charge in [-0.25, -0.2) is 4.79 Å². The third kappa shape index (κ3) is 2.86. The van der Waals surface area contributed by atoms with Gasteiger partial charge in [0.2, 0.25) is 0 Å². The first-order chi connectivity index (χ1) is 7.70. The minimum absolute atomic E-state index is 0.316. The fourth-order valence-electron chi connectivity index (χ4n) is 1.35. The van der Waals surface area contributed by atoms with E-state index in [4.69, 9.17) is 9.47 Å². The molecule has 1 aromatic carbocycles. The van der Waals surface area contributed by atoms with Gasteiger partial charge in [-0.3, -0.25) is 0 Å². The van der Waals surface area contributed by atoms with Crippen LogP contribution in [0.25, 0.3) is 0 Å². The van der Waals surface area contributed by atoms with E-state index in [1.165, 1.54) is 0 Å². The lowest BCUT2D eigenvalue weighted by atomic mass is 10.1. The molecule has 0 heterocycles. The van der Waals surface area contributed by atoms with Gasteiger partial charge >= 0.3 is 5.97 Å². The average molecular weight is 220 g/mol. The van der Waals surface area contributed by atoms with Crippen LogP contribution in [0.15, 0.2) is 30.9 Å². The molecule has 16 heavy (non-hydrogen) atoms. The topological polar surface area (TPSA) is 35.5 Å². The lowest BCUT2D eigenvalue weighted by molar-refractivity contribution is 0.0525. The summed E-state index contributed by atoms with van der Waals surface area (Å²) < 4.78 is 10.4. The van der Waals surface area contributed by atoms with Crippen molar-refractivity contribution in [2.75, 3.05) is 13.2 Å². The highest BCUT2D eigenvalue weighted by Gasteiger charge is 2.12. The summed E-state index contributed by atoms with van der Waals surface area (Å²) >= 11 is 0. The van der Waals surface area contributed by atoms with Gasteiger partial charge in [-0.15, -0.1) is 0 Å². The quantitative estimate of drug-likeness (QED) is 0.565. The van der Waals surface area contributed by atoms with Crippen molar-refractivity contribution >= 4 is 5.97 Å². The lowest BCUT2D eigenvalue weighted by Gasteiger charge is -2.10. The van der Waals surface area contributed by atoms with Gasteiger partial charge in [0.05, 0.1) is 12.2 Å². The number of esters is 1. The summed E-state index contributed by atoms with van der Waals surface area (Å²) in [5.74, 6) is 0.370. The van der Waals surface area contributed by atoms with Crippen molar-refractivity contribution in [2.45, 2.75) is 13.8 Å². The first-order valence-electron chi connectivity index (χ1n) is 5.21. The van der Waals surface area contributed by atoms with Gasteiger partial charge in [-0.2, -0.15) is 0 Å². The molecular formula is C13H16O3. The van der Waals surface area contributed by atoms with Crippen LogP contribution in [-0.2, 0) is 4.74 Å². The van der Waals surface area contributed by atoms with Crippen molar-refractivity contribution < 1.29 is 14.3 Å². The molecule has 0 aliphatic heterocycles. The molecule has 0 atom stereocenters. The van der Waals surface area contributed by atoms with Crippen LogP contribution >= 0.6 is 0 Å². The zero-order chi connectivity index (χ0) is 12.0. The molecule has 0 radical (unpaired) electrons. The fourth-order valence-corrected chi connectivity index (χ4v) is 1.35. The second-order valence-corrected chi connectivity index (χ2v) is 3.25. The lowest BCUT2D eigenvalue weighted by Crippen LogP contribution is -2.08. The third-order valence-corrected chi connectivity index (χ3v) is 2.14. The van der Waals surface area contributed by atoms with E-state index in [0.29, 0.717) is 24.5 Å². The SMILES string of the molecule is C=CCOc1cccc(C(=O)OCC)c1C. The van der Waals surface area contributed by atoms with Crippen molar-refractivity contribution in [3.63, 3.8) is 0 Å². The Hall–Kier alpha value is -1.77. The maximum atomic E-state index is 11.6. The Bertz CT molecular complexity index is 383. The molecule has 0 saturated carbocycles. The molecule has 0 bridgehead atoms. The van der Waals surface area contributed by atoms with Gasteiger partial charge in [0.1, 0.15) is 12.4 Å². The Morgan fingerprint density at radius 2 is 2.25 bits per heavy atom. The second-order valence-electron chi connectivity index (χ2n) is 3.25. The molecule has 3 heteroatoms. The molecule has 0 N–H and O–H groups in total. The highest BCUT2D eigenvalue weighted by molar-refractivity contribution is 5.91. The molecule has 0 spiro atoms. The first kappa shape index (κ1) is 12.3. The Morgan fingerprint density at radius 1 is 1.50 bits per heavy atom. The van der Waals surface area contributed by atoms with Gasteiger partial charge < -0.3 is 9.47 Å². The molecule has 0 amide bonds. The molecule has 0 saturated heterocycles. The maximum Gasteiger partial charge on any atom is 0.338 e. The second kappa shape index (κ2) is 5.95. The van der Waals surface area contributed by atoms with Crippen LogP contribution in [0.3, 0.4) is 0 Å². The van der Waals surface area contributed by atoms with Gasteiger partial charge in [-0.05, 0) is 26.0 Å². The zero-order valence-electron chi connectivity index (χ0n) is 9.66. The molecule has 0 unspecified atom stereocenters. The number of ether oxygens (including phenoxy) is 2. The van der Waals surface area contributed by atoms with Crippen LogP contribution in [0.2, 0.25) is 0 Å². The number of carbonyl (C=O) groups excluding carboxylic acids is 1. The van der Waals surface area contributed by atoms with Gasteiger partial charge in [-0.1, -0.05) is 18.7 Å². The number of carbonyl (C=O) groups is 1. The monoisotopic (exact) mass is 220 g/mol.